The molecule has 1 unspecified atom stereocenters. The van der Waals surface area contributed by atoms with E-state index in [0.29, 0.717) is 23.3 Å². The van der Waals surface area contributed by atoms with E-state index < -0.39 is 12.0 Å². The summed E-state index contributed by atoms with van der Waals surface area (Å²) in [5.74, 6) is 0.446. The predicted molar refractivity (Wildman–Crippen MR) is 110 cm³/mol. The lowest BCUT2D eigenvalue weighted by Crippen LogP contribution is -2.32. The van der Waals surface area contributed by atoms with Crippen LogP contribution in [0.1, 0.15) is 17.5 Å². The number of phenolic OH excluding ortho intramolecular Hbond substituents is 2. The second-order valence-electron chi connectivity index (χ2n) is 6.32. The van der Waals surface area contributed by atoms with Crippen LogP contribution in [0.5, 0.6) is 11.5 Å². The number of aromatic hydroxyl groups is 2. The molecule has 1 atom stereocenters. The maximum Gasteiger partial charge on any atom is 0.321 e. The van der Waals surface area contributed by atoms with Gasteiger partial charge < -0.3 is 21.1 Å². The van der Waals surface area contributed by atoms with E-state index in [1.54, 1.807) is 18.2 Å². The standard InChI is InChI=1S/C21H25NO4S/c1-2-4-14-6-8-19(23)16(11-14)17-12-15(7-9-20(17)24)5-3-10-27-13-18(22)21(25)26/h2,6-9,11-12,18,23-24H,1,3-5,10,13,22H2,(H,25,26). The molecule has 0 spiro atoms. The molecule has 0 aliphatic heterocycles. The fraction of sp³-hybridized carbons (Fsp3) is 0.286. The Balaban J connectivity index is 2.05. The zero-order chi connectivity index (χ0) is 19.8. The molecular weight excluding hydrogens is 362 g/mol. The number of hydrogen-bond donors (Lipinski definition) is 4. The van der Waals surface area contributed by atoms with Gasteiger partial charge >= 0.3 is 5.97 Å². The second kappa shape index (κ2) is 10.0. The van der Waals surface area contributed by atoms with Gasteiger partial charge in [0.2, 0.25) is 0 Å². The average molecular weight is 388 g/mol. The van der Waals surface area contributed by atoms with Gasteiger partial charge in [-0.25, -0.2) is 0 Å². The van der Waals surface area contributed by atoms with Crippen molar-refractivity contribution in [2.75, 3.05) is 11.5 Å². The second-order valence-corrected chi connectivity index (χ2v) is 7.47. The number of carboxylic acid groups (broad SMARTS) is 1. The van der Waals surface area contributed by atoms with Crippen molar-refractivity contribution in [2.45, 2.75) is 25.3 Å². The molecule has 2 aromatic carbocycles. The molecule has 0 radical (unpaired) electrons. The van der Waals surface area contributed by atoms with Crippen LogP contribution in [-0.4, -0.2) is 38.8 Å². The monoisotopic (exact) mass is 387 g/mol. The molecule has 0 saturated carbocycles. The first kappa shape index (κ1) is 20.9. The van der Waals surface area contributed by atoms with Crippen LogP contribution < -0.4 is 5.73 Å². The maximum absolute atomic E-state index is 10.7. The minimum atomic E-state index is -0.982. The number of carbonyl (C=O) groups is 1. The van der Waals surface area contributed by atoms with Crippen LogP contribution in [0.2, 0.25) is 0 Å². The van der Waals surface area contributed by atoms with Gasteiger partial charge in [-0.15, -0.1) is 6.58 Å². The van der Waals surface area contributed by atoms with E-state index >= 15 is 0 Å². The van der Waals surface area contributed by atoms with E-state index in [1.165, 1.54) is 11.8 Å². The van der Waals surface area contributed by atoms with Gasteiger partial charge in [0, 0.05) is 16.9 Å². The molecule has 0 aliphatic carbocycles. The lowest BCUT2D eigenvalue weighted by atomic mass is 9.97. The highest BCUT2D eigenvalue weighted by molar-refractivity contribution is 7.99. The number of rotatable bonds is 10. The van der Waals surface area contributed by atoms with Crippen molar-refractivity contribution in [3.63, 3.8) is 0 Å². The Morgan fingerprint density at radius 2 is 1.70 bits per heavy atom. The van der Waals surface area contributed by atoms with Crippen LogP contribution in [-0.2, 0) is 17.6 Å². The molecule has 0 fully saturated rings. The molecule has 5 nitrogen and oxygen atoms in total. The maximum atomic E-state index is 10.7. The smallest absolute Gasteiger partial charge is 0.321 e. The van der Waals surface area contributed by atoms with Gasteiger partial charge in [-0.1, -0.05) is 18.2 Å². The predicted octanol–water partition coefficient (Wildman–Crippen LogP) is 3.57. The summed E-state index contributed by atoms with van der Waals surface area (Å²) in [6.07, 6.45) is 4.13. The third-order valence-electron chi connectivity index (χ3n) is 4.16. The van der Waals surface area contributed by atoms with Gasteiger partial charge in [-0.05, 0) is 60.4 Å². The Morgan fingerprint density at radius 3 is 2.30 bits per heavy atom. The first-order valence-corrected chi connectivity index (χ1v) is 9.89. The highest BCUT2D eigenvalue weighted by Crippen LogP contribution is 2.37. The number of aryl methyl sites for hydroxylation is 1. The highest BCUT2D eigenvalue weighted by Gasteiger charge is 2.12. The van der Waals surface area contributed by atoms with E-state index in [4.69, 9.17) is 10.8 Å². The van der Waals surface area contributed by atoms with Crippen molar-refractivity contribution >= 4 is 17.7 Å². The summed E-state index contributed by atoms with van der Waals surface area (Å²) in [5, 5.41) is 29.2. The number of thioether (sulfide) groups is 1. The topological polar surface area (TPSA) is 104 Å². The molecular formula is C21H25NO4S. The Labute approximate surface area is 163 Å². The quantitative estimate of drug-likeness (QED) is 0.367. The molecule has 144 valence electrons. The third-order valence-corrected chi connectivity index (χ3v) is 5.33. The van der Waals surface area contributed by atoms with Crippen molar-refractivity contribution < 1.29 is 20.1 Å². The summed E-state index contributed by atoms with van der Waals surface area (Å²) < 4.78 is 0. The van der Waals surface area contributed by atoms with Crippen LogP contribution in [0.3, 0.4) is 0 Å². The van der Waals surface area contributed by atoms with E-state index in [0.717, 1.165) is 29.7 Å². The molecule has 6 heteroatoms. The van der Waals surface area contributed by atoms with E-state index in [1.807, 2.05) is 24.3 Å². The van der Waals surface area contributed by atoms with Crippen LogP contribution >= 0.6 is 11.8 Å². The Bertz CT molecular complexity index is 807. The van der Waals surface area contributed by atoms with Crippen LogP contribution in [0.25, 0.3) is 11.1 Å². The lowest BCUT2D eigenvalue weighted by Gasteiger charge is -2.11. The van der Waals surface area contributed by atoms with E-state index in [9.17, 15) is 15.0 Å². The average Bonchev–Trinajstić information content (AvgIpc) is 2.64. The minimum Gasteiger partial charge on any atom is -0.507 e. The van der Waals surface area contributed by atoms with Gasteiger partial charge in [0.25, 0.3) is 0 Å². The number of hydrogen-bond acceptors (Lipinski definition) is 5. The number of aliphatic carboxylic acids is 1. The molecule has 0 amide bonds. The van der Waals surface area contributed by atoms with Gasteiger partial charge in [0.05, 0.1) is 0 Å². The summed E-state index contributed by atoms with van der Waals surface area (Å²) in [7, 11) is 0. The highest BCUT2D eigenvalue weighted by atomic mass is 32.2. The SMILES string of the molecule is C=CCc1ccc(O)c(-c2cc(CCCSCC(N)C(=O)O)ccc2O)c1. The zero-order valence-corrected chi connectivity index (χ0v) is 15.9. The van der Waals surface area contributed by atoms with Gasteiger partial charge in [0.15, 0.2) is 0 Å². The molecule has 27 heavy (non-hydrogen) atoms. The summed E-state index contributed by atoms with van der Waals surface area (Å²) in [4.78, 5) is 10.7. The van der Waals surface area contributed by atoms with Crippen molar-refractivity contribution in [1.29, 1.82) is 0 Å². The fourth-order valence-corrected chi connectivity index (χ4v) is 3.62. The Hall–Kier alpha value is -2.44. The number of nitrogens with two attached hydrogens (primary N) is 1. The van der Waals surface area contributed by atoms with Gasteiger partial charge in [0.1, 0.15) is 17.5 Å². The van der Waals surface area contributed by atoms with Gasteiger partial charge in [-0.3, -0.25) is 4.79 Å². The summed E-state index contributed by atoms with van der Waals surface area (Å²) >= 11 is 1.52. The fourth-order valence-electron chi connectivity index (χ4n) is 2.71. The molecule has 0 bridgehead atoms. The van der Waals surface area contributed by atoms with E-state index in [-0.39, 0.29) is 11.5 Å². The first-order valence-electron chi connectivity index (χ1n) is 8.73. The van der Waals surface area contributed by atoms with Crippen LogP contribution in [0.15, 0.2) is 49.1 Å². The van der Waals surface area contributed by atoms with Crippen molar-refractivity contribution in [2.24, 2.45) is 5.73 Å². The van der Waals surface area contributed by atoms with Crippen LogP contribution in [0.4, 0.5) is 0 Å². The zero-order valence-electron chi connectivity index (χ0n) is 15.1. The molecule has 5 N–H and O–H groups in total. The molecule has 0 saturated heterocycles. The third kappa shape index (κ3) is 6.05. The Kier molecular flexibility index (Phi) is 7.76. The molecule has 0 heterocycles. The molecule has 2 aromatic rings. The number of phenols is 2. The van der Waals surface area contributed by atoms with E-state index in [2.05, 4.69) is 6.58 Å². The van der Waals surface area contributed by atoms with Crippen LogP contribution in [0, 0.1) is 0 Å². The Morgan fingerprint density at radius 1 is 1.11 bits per heavy atom. The summed E-state index contributed by atoms with van der Waals surface area (Å²) in [6, 6.07) is 9.87. The minimum absolute atomic E-state index is 0.117. The first-order chi connectivity index (χ1) is 12.9. The number of carboxylic acids is 1. The lowest BCUT2D eigenvalue weighted by molar-refractivity contribution is -0.137. The van der Waals surface area contributed by atoms with Gasteiger partial charge in [-0.2, -0.15) is 11.8 Å². The number of benzene rings is 2. The molecule has 0 aliphatic rings. The van der Waals surface area contributed by atoms with Crippen molar-refractivity contribution in [3.8, 4) is 22.6 Å². The normalized spacial score (nSPS) is 11.9. The molecule has 0 aromatic heterocycles. The summed E-state index contributed by atoms with van der Waals surface area (Å²) in [5.41, 5.74) is 8.72. The van der Waals surface area contributed by atoms with Crippen molar-refractivity contribution in [3.05, 3.63) is 60.2 Å². The summed E-state index contributed by atoms with van der Waals surface area (Å²) in [6.45, 7) is 3.73. The van der Waals surface area contributed by atoms with Crippen molar-refractivity contribution in [1.82, 2.24) is 0 Å². The largest absolute Gasteiger partial charge is 0.507 e. The number of allylic oxidation sites excluding steroid dienone is 1. The molecule has 2 rings (SSSR count).